The number of rotatable bonds is 7. The molecule has 1 amide bonds. The minimum atomic E-state index is -3.94. The zero-order chi connectivity index (χ0) is 19.3. The van der Waals surface area contributed by atoms with Crippen LogP contribution in [-0.4, -0.2) is 37.1 Å². The number of aryl methyl sites for hydroxylation is 2. The minimum Gasteiger partial charge on any atom is -1.00 e. The lowest BCUT2D eigenvalue weighted by atomic mass is 10.3. The number of amides is 1. The SMILES string of the molecule is COC(=O)Nc1ccc(N(O)S(=O)(=O)CCCn2cc[n+](C)c2)cc1Cl.[Cl-]. The Hall–Kier alpha value is -2.01. The van der Waals surface area contributed by atoms with E-state index in [0.29, 0.717) is 13.0 Å². The summed E-state index contributed by atoms with van der Waals surface area (Å²) < 4.78 is 32.9. The van der Waals surface area contributed by atoms with Crippen molar-refractivity contribution in [2.45, 2.75) is 13.0 Å². The van der Waals surface area contributed by atoms with E-state index in [1.54, 1.807) is 0 Å². The maximum Gasteiger partial charge on any atom is 0.411 e. The Balaban J connectivity index is 0.00000364. The van der Waals surface area contributed by atoms with Gasteiger partial charge in [-0.1, -0.05) is 11.6 Å². The molecule has 0 aliphatic heterocycles. The standard InChI is InChI=1S/C15H19ClN4O5S.ClH/c1-18-7-8-19(11-18)6-3-9-26(23,24)20(22)12-4-5-14(13(16)10-12)17-15(21)25-2;/h4-5,7-8,10-11,22H,3,6,9H2,1-2H3;1H. The lowest BCUT2D eigenvalue weighted by Crippen LogP contribution is -3.00. The first-order valence-electron chi connectivity index (χ1n) is 7.60. The molecule has 1 aromatic carbocycles. The maximum absolute atomic E-state index is 12.3. The minimum absolute atomic E-state index is 0. The Morgan fingerprint density at radius 1 is 1.44 bits per heavy atom. The zero-order valence-corrected chi connectivity index (χ0v) is 17.0. The number of carbonyl (C=O) groups is 1. The Kier molecular flexibility index (Phi) is 8.35. The average Bonchev–Trinajstić information content (AvgIpc) is 3.00. The van der Waals surface area contributed by atoms with Gasteiger partial charge in [0.15, 0.2) is 0 Å². The third-order valence-corrected chi connectivity index (χ3v) is 5.36. The van der Waals surface area contributed by atoms with E-state index in [4.69, 9.17) is 11.6 Å². The molecule has 1 aromatic heterocycles. The second kappa shape index (κ2) is 9.79. The number of nitrogens with zero attached hydrogens (tertiary/aromatic N) is 3. The first kappa shape index (κ1) is 23.0. The number of carbonyl (C=O) groups excluding carboxylic acids is 1. The van der Waals surface area contributed by atoms with Crippen molar-refractivity contribution in [2.24, 2.45) is 7.05 Å². The number of methoxy groups -OCH3 is 1. The molecule has 0 aliphatic rings. The van der Waals surface area contributed by atoms with Gasteiger partial charge in [-0.2, -0.15) is 0 Å². The third-order valence-electron chi connectivity index (χ3n) is 3.50. The predicted octanol–water partition coefficient (Wildman–Crippen LogP) is -1.24. The molecule has 150 valence electrons. The van der Waals surface area contributed by atoms with E-state index in [1.807, 2.05) is 34.9 Å². The summed E-state index contributed by atoms with van der Waals surface area (Å²) in [5.74, 6) is -0.245. The van der Waals surface area contributed by atoms with E-state index in [1.165, 1.54) is 25.3 Å². The molecule has 0 radical (unpaired) electrons. The van der Waals surface area contributed by atoms with Crippen LogP contribution in [0.2, 0.25) is 5.02 Å². The molecule has 2 N–H and O–H groups in total. The number of anilines is 2. The number of halogens is 2. The second-order valence-electron chi connectivity index (χ2n) is 5.51. The summed E-state index contributed by atoms with van der Waals surface area (Å²) in [5, 5.41) is 12.5. The predicted molar refractivity (Wildman–Crippen MR) is 95.8 cm³/mol. The van der Waals surface area contributed by atoms with Gasteiger partial charge in [0, 0.05) is 6.42 Å². The van der Waals surface area contributed by atoms with E-state index >= 15 is 0 Å². The van der Waals surface area contributed by atoms with Gasteiger partial charge in [-0.3, -0.25) is 10.5 Å². The summed E-state index contributed by atoms with van der Waals surface area (Å²) in [6.07, 6.45) is 5.11. The van der Waals surface area contributed by atoms with E-state index in [-0.39, 0.29) is 39.0 Å². The van der Waals surface area contributed by atoms with Crippen LogP contribution in [0.1, 0.15) is 6.42 Å². The molecule has 0 bridgehead atoms. The maximum atomic E-state index is 12.3. The van der Waals surface area contributed by atoms with Crippen molar-refractivity contribution < 1.29 is 40.1 Å². The van der Waals surface area contributed by atoms with Crippen LogP contribution in [-0.2, 0) is 28.4 Å². The molecule has 0 fully saturated rings. The molecule has 0 atom stereocenters. The highest BCUT2D eigenvalue weighted by molar-refractivity contribution is 7.92. The van der Waals surface area contributed by atoms with Gasteiger partial charge < -0.3 is 17.1 Å². The van der Waals surface area contributed by atoms with Crippen LogP contribution in [0.4, 0.5) is 16.2 Å². The van der Waals surface area contributed by atoms with Gasteiger partial charge in [0.2, 0.25) is 6.33 Å². The lowest BCUT2D eigenvalue weighted by Gasteiger charge is -2.18. The van der Waals surface area contributed by atoms with Crippen molar-refractivity contribution in [1.82, 2.24) is 4.57 Å². The van der Waals surface area contributed by atoms with Crippen LogP contribution in [0.25, 0.3) is 0 Å². The van der Waals surface area contributed by atoms with Crippen LogP contribution in [0.5, 0.6) is 0 Å². The van der Waals surface area contributed by atoms with Crippen molar-refractivity contribution >= 4 is 39.1 Å². The number of hydrogen-bond donors (Lipinski definition) is 2. The second-order valence-corrected chi connectivity index (χ2v) is 7.84. The largest absolute Gasteiger partial charge is 1.00 e. The number of aromatic nitrogens is 2. The van der Waals surface area contributed by atoms with Crippen LogP contribution in [0.3, 0.4) is 0 Å². The highest BCUT2D eigenvalue weighted by Crippen LogP contribution is 2.28. The van der Waals surface area contributed by atoms with Crippen molar-refractivity contribution in [3.05, 3.63) is 41.9 Å². The van der Waals surface area contributed by atoms with Gasteiger partial charge in [-0.05, 0) is 18.2 Å². The summed E-state index contributed by atoms with van der Waals surface area (Å²) >= 11 is 6.00. The van der Waals surface area contributed by atoms with E-state index in [2.05, 4.69) is 10.1 Å². The number of imidazole rings is 1. The van der Waals surface area contributed by atoms with Gasteiger partial charge in [-0.15, -0.1) is 4.47 Å². The molecule has 0 spiro atoms. The van der Waals surface area contributed by atoms with E-state index in [0.717, 1.165) is 0 Å². The number of nitrogens with one attached hydrogen (secondary N) is 1. The molecule has 2 aromatic rings. The molecule has 0 unspecified atom stereocenters. The molecule has 9 nitrogen and oxygen atoms in total. The van der Waals surface area contributed by atoms with Crippen LogP contribution in [0, 0.1) is 0 Å². The molecule has 27 heavy (non-hydrogen) atoms. The van der Waals surface area contributed by atoms with Gasteiger partial charge in [0.25, 0.3) is 10.0 Å². The number of sulfonamides is 1. The average molecular weight is 439 g/mol. The molecule has 0 aliphatic carbocycles. The normalized spacial score (nSPS) is 10.8. The Morgan fingerprint density at radius 3 is 2.70 bits per heavy atom. The van der Waals surface area contributed by atoms with Gasteiger partial charge in [-0.25, -0.2) is 22.3 Å². The van der Waals surface area contributed by atoms with Gasteiger partial charge in [0.1, 0.15) is 12.4 Å². The molecule has 0 saturated heterocycles. The Labute approximate surface area is 168 Å². The van der Waals surface area contributed by atoms with Crippen molar-refractivity contribution in [2.75, 3.05) is 22.6 Å². The lowest BCUT2D eigenvalue weighted by molar-refractivity contribution is -0.671. The van der Waals surface area contributed by atoms with Crippen LogP contribution in [0.15, 0.2) is 36.9 Å². The molecular formula is C15H20Cl2N4O5S. The Morgan fingerprint density at radius 2 is 2.15 bits per heavy atom. The van der Waals surface area contributed by atoms with E-state index < -0.39 is 16.1 Å². The summed E-state index contributed by atoms with van der Waals surface area (Å²) in [6.45, 7) is 0.497. The van der Waals surface area contributed by atoms with Crippen LogP contribution >= 0.6 is 11.6 Å². The zero-order valence-electron chi connectivity index (χ0n) is 14.7. The highest BCUT2D eigenvalue weighted by atomic mass is 35.5. The number of hydrogen-bond acceptors (Lipinski definition) is 5. The fraction of sp³-hybridized carbons (Fsp3) is 0.333. The van der Waals surface area contributed by atoms with Crippen molar-refractivity contribution in [1.29, 1.82) is 0 Å². The van der Waals surface area contributed by atoms with Crippen LogP contribution < -0.4 is 26.8 Å². The van der Waals surface area contributed by atoms with Crippen molar-refractivity contribution in [3.63, 3.8) is 0 Å². The fourth-order valence-electron chi connectivity index (χ4n) is 2.20. The van der Waals surface area contributed by atoms with Gasteiger partial charge >= 0.3 is 6.09 Å². The topological polar surface area (TPSA) is 105 Å². The number of ether oxygens (including phenoxy) is 1. The molecule has 12 heteroatoms. The molecule has 0 saturated carbocycles. The molecule has 1 heterocycles. The Bertz CT molecular complexity index is 888. The molecular weight excluding hydrogens is 419 g/mol. The summed E-state index contributed by atoms with van der Waals surface area (Å²) in [6, 6.07) is 3.92. The molecule has 2 rings (SSSR count). The van der Waals surface area contributed by atoms with E-state index in [9.17, 15) is 18.4 Å². The third kappa shape index (κ3) is 6.28. The van der Waals surface area contributed by atoms with Crippen molar-refractivity contribution in [3.8, 4) is 0 Å². The van der Waals surface area contributed by atoms with Gasteiger partial charge in [0.05, 0.1) is 42.9 Å². The first-order valence-corrected chi connectivity index (χ1v) is 9.59. The monoisotopic (exact) mass is 438 g/mol. The number of benzene rings is 1. The summed E-state index contributed by atoms with van der Waals surface area (Å²) in [7, 11) is -0.868. The summed E-state index contributed by atoms with van der Waals surface area (Å²) in [5.41, 5.74) is 0.200. The summed E-state index contributed by atoms with van der Waals surface area (Å²) in [4.78, 5) is 11.2. The first-order chi connectivity index (χ1) is 12.2. The highest BCUT2D eigenvalue weighted by Gasteiger charge is 2.22. The quantitative estimate of drug-likeness (QED) is 0.415. The fourth-order valence-corrected chi connectivity index (χ4v) is 3.52. The smallest absolute Gasteiger partial charge is 0.411 e.